The maximum absolute atomic E-state index is 13.1. The monoisotopic (exact) mass is 242 g/mol. The predicted octanol–water partition coefficient (Wildman–Crippen LogP) is 3.65. The van der Waals surface area contributed by atoms with E-state index in [0.29, 0.717) is 12.2 Å². The summed E-state index contributed by atoms with van der Waals surface area (Å²) in [6.45, 7) is 1.50. The van der Waals surface area contributed by atoms with Crippen LogP contribution in [0.25, 0.3) is 6.08 Å². The Hall–Kier alpha value is -1.16. The van der Waals surface area contributed by atoms with E-state index in [1.807, 2.05) is 0 Å². The fraction of sp³-hybridized carbons (Fsp3) is 0.250. The van der Waals surface area contributed by atoms with Gasteiger partial charge in [0.15, 0.2) is 5.12 Å². The van der Waals surface area contributed by atoms with Crippen LogP contribution < -0.4 is 0 Å². The molecule has 1 aromatic rings. The Morgan fingerprint density at radius 3 is 2.88 bits per heavy atom. The van der Waals surface area contributed by atoms with Crippen LogP contribution in [-0.2, 0) is 4.79 Å². The van der Waals surface area contributed by atoms with Crippen LogP contribution in [0.4, 0.5) is 8.78 Å². The van der Waals surface area contributed by atoms with E-state index in [4.69, 9.17) is 0 Å². The van der Waals surface area contributed by atoms with Gasteiger partial charge in [0, 0.05) is 18.2 Å². The van der Waals surface area contributed by atoms with Crippen LogP contribution in [0.3, 0.4) is 0 Å². The highest BCUT2D eigenvalue weighted by atomic mass is 32.2. The van der Waals surface area contributed by atoms with Crippen molar-refractivity contribution in [2.24, 2.45) is 0 Å². The van der Waals surface area contributed by atoms with Gasteiger partial charge in [-0.25, -0.2) is 8.78 Å². The molecule has 0 radical (unpaired) electrons. The lowest BCUT2D eigenvalue weighted by Crippen LogP contribution is -1.85. The highest BCUT2D eigenvalue weighted by Crippen LogP contribution is 2.12. The van der Waals surface area contributed by atoms with Gasteiger partial charge in [-0.15, -0.1) is 0 Å². The number of allylic oxidation sites excluding steroid dienone is 1. The number of hydrogen-bond donors (Lipinski definition) is 0. The first kappa shape index (κ1) is 12.9. The first-order chi connectivity index (χ1) is 7.59. The predicted molar refractivity (Wildman–Crippen MR) is 63.1 cm³/mol. The van der Waals surface area contributed by atoms with E-state index in [-0.39, 0.29) is 10.7 Å². The third-order valence-electron chi connectivity index (χ3n) is 1.85. The third kappa shape index (κ3) is 4.57. The minimum absolute atomic E-state index is 0.0605. The molecule has 0 aromatic heterocycles. The Labute approximate surface area is 97.5 Å². The average Bonchev–Trinajstić information content (AvgIpc) is 2.22. The second kappa shape index (κ2) is 6.43. The maximum Gasteiger partial charge on any atom is 0.185 e. The van der Waals surface area contributed by atoms with Gasteiger partial charge in [0.2, 0.25) is 0 Å². The van der Waals surface area contributed by atoms with Gasteiger partial charge in [-0.1, -0.05) is 23.9 Å². The summed E-state index contributed by atoms with van der Waals surface area (Å²) in [5.74, 6) is -0.251. The Bertz CT molecular complexity index is 402. The van der Waals surface area contributed by atoms with Gasteiger partial charge >= 0.3 is 0 Å². The van der Waals surface area contributed by atoms with Crippen LogP contribution in [0.5, 0.6) is 0 Å². The molecule has 1 aromatic carbocycles. The molecule has 0 bridgehead atoms. The Balaban J connectivity index is 2.49. The van der Waals surface area contributed by atoms with E-state index in [9.17, 15) is 13.6 Å². The van der Waals surface area contributed by atoms with Crippen LogP contribution >= 0.6 is 11.8 Å². The molecule has 0 heterocycles. The molecule has 4 heteroatoms. The fourth-order valence-electron chi connectivity index (χ4n) is 1.12. The van der Waals surface area contributed by atoms with Crippen molar-refractivity contribution in [2.45, 2.75) is 13.3 Å². The molecule has 0 fully saturated rings. The highest BCUT2D eigenvalue weighted by Gasteiger charge is 1.99. The van der Waals surface area contributed by atoms with Gasteiger partial charge in [-0.3, -0.25) is 4.79 Å². The molecule has 0 saturated heterocycles. The van der Waals surface area contributed by atoms with Crippen LogP contribution in [0.15, 0.2) is 24.3 Å². The number of hydrogen-bond acceptors (Lipinski definition) is 2. The summed E-state index contributed by atoms with van der Waals surface area (Å²) in [5.41, 5.74) is 0.229. The van der Waals surface area contributed by atoms with Crippen LogP contribution in [0.1, 0.15) is 18.9 Å². The number of thioether (sulfide) groups is 1. The fourth-order valence-corrected chi connectivity index (χ4v) is 1.66. The summed E-state index contributed by atoms with van der Waals surface area (Å²) in [4.78, 5) is 10.6. The van der Waals surface area contributed by atoms with E-state index in [1.165, 1.54) is 24.8 Å². The average molecular weight is 242 g/mol. The van der Waals surface area contributed by atoms with Gasteiger partial charge in [-0.05, 0) is 24.6 Å². The normalized spacial score (nSPS) is 10.9. The zero-order chi connectivity index (χ0) is 12.0. The number of carbonyl (C=O) groups is 1. The molecule has 0 saturated carbocycles. The Morgan fingerprint density at radius 2 is 2.19 bits per heavy atom. The Kier molecular flexibility index (Phi) is 5.19. The quantitative estimate of drug-likeness (QED) is 0.750. The molecule has 16 heavy (non-hydrogen) atoms. The highest BCUT2D eigenvalue weighted by molar-refractivity contribution is 8.13. The lowest BCUT2D eigenvalue weighted by atomic mass is 10.2. The molecule has 0 aliphatic heterocycles. The summed E-state index contributed by atoms with van der Waals surface area (Å²) >= 11 is 1.22. The van der Waals surface area contributed by atoms with Gasteiger partial charge < -0.3 is 0 Å². The first-order valence-electron chi connectivity index (χ1n) is 4.84. The van der Waals surface area contributed by atoms with Gasteiger partial charge in [0.25, 0.3) is 0 Å². The molecule has 0 spiro atoms. The molecule has 1 rings (SSSR count). The van der Waals surface area contributed by atoms with E-state index < -0.39 is 11.6 Å². The van der Waals surface area contributed by atoms with Gasteiger partial charge in [0.1, 0.15) is 11.6 Å². The minimum atomic E-state index is -0.459. The first-order valence-corrected chi connectivity index (χ1v) is 5.83. The molecule has 0 atom stereocenters. The van der Waals surface area contributed by atoms with Crippen molar-refractivity contribution in [3.8, 4) is 0 Å². The summed E-state index contributed by atoms with van der Waals surface area (Å²) in [5, 5.41) is 0.0605. The summed E-state index contributed by atoms with van der Waals surface area (Å²) < 4.78 is 25.9. The van der Waals surface area contributed by atoms with E-state index in [1.54, 1.807) is 6.08 Å². The van der Waals surface area contributed by atoms with Crippen molar-refractivity contribution in [2.75, 3.05) is 5.75 Å². The summed E-state index contributed by atoms with van der Waals surface area (Å²) in [6.07, 6.45) is 3.91. The SMILES string of the molecule is CC(=O)SCCC=Cc1cc(F)ccc1F. The second-order valence-electron chi connectivity index (χ2n) is 3.20. The third-order valence-corrected chi connectivity index (χ3v) is 2.69. The number of carbonyl (C=O) groups excluding carboxylic acids is 1. The van der Waals surface area contributed by atoms with Crippen LogP contribution in [0.2, 0.25) is 0 Å². The van der Waals surface area contributed by atoms with Crippen molar-refractivity contribution in [3.63, 3.8) is 0 Å². The molecule has 1 nitrogen and oxygen atoms in total. The van der Waals surface area contributed by atoms with Crippen molar-refractivity contribution in [1.82, 2.24) is 0 Å². The number of rotatable bonds is 4. The van der Waals surface area contributed by atoms with Gasteiger partial charge in [-0.2, -0.15) is 0 Å². The standard InChI is InChI=1S/C12H12F2OS/c1-9(15)16-7-3-2-4-10-8-11(13)5-6-12(10)14/h2,4-6,8H,3,7H2,1H3. The van der Waals surface area contributed by atoms with Gasteiger partial charge in [0.05, 0.1) is 0 Å². The molecule has 0 amide bonds. The summed E-state index contributed by atoms with van der Waals surface area (Å²) in [6, 6.07) is 3.32. The molecule has 0 unspecified atom stereocenters. The lowest BCUT2D eigenvalue weighted by Gasteiger charge is -1.96. The maximum atomic E-state index is 13.1. The van der Waals surface area contributed by atoms with Crippen molar-refractivity contribution in [1.29, 1.82) is 0 Å². The molecule has 0 aliphatic rings. The summed E-state index contributed by atoms with van der Waals surface area (Å²) in [7, 11) is 0. The van der Waals surface area contributed by atoms with Crippen LogP contribution in [0, 0.1) is 11.6 Å². The zero-order valence-electron chi connectivity index (χ0n) is 8.87. The number of benzene rings is 1. The molecular weight excluding hydrogens is 230 g/mol. The van der Waals surface area contributed by atoms with Crippen molar-refractivity contribution in [3.05, 3.63) is 41.5 Å². The zero-order valence-corrected chi connectivity index (χ0v) is 9.69. The van der Waals surface area contributed by atoms with Crippen molar-refractivity contribution >= 4 is 23.0 Å². The van der Waals surface area contributed by atoms with E-state index in [0.717, 1.165) is 18.2 Å². The Morgan fingerprint density at radius 1 is 1.44 bits per heavy atom. The second-order valence-corrected chi connectivity index (χ2v) is 4.47. The van der Waals surface area contributed by atoms with Crippen molar-refractivity contribution < 1.29 is 13.6 Å². The number of halogens is 2. The smallest absolute Gasteiger partial charge is 0.185 e. The lowest BCUT2D eigenvalue weighted by molar-refractivity contribution is -0.109. The topological polar surface area (TPSA) is 17.1 Å². The largest absolute Gasteiger partial charge is 0.288 e. The minimum Gasteiger partial charge on any atom is -0.288 e. The molecule has 0 N–H and O–H groups in total. The molecule has 0 aliphatic carbocycles. The van der Waals surface area contributed by atoms with Crippen LogP contribution in [-0.4, -0.2) is 10.9 Å². The molecule has 86 valence electrons. The van der Waals surface area contributed by atoms with E-state index >= 15 is 0 Å². The van der Waals surface area contributed by atoms with E-state index in [2.05, 4.69) is 0 Å². The molecular formula is C12H12F2OS.